The van der Waals surface area contributed by atoms with E-state index in [-0.39, 0.29) is 17.2 Å². The molecule has 0 aliphatic carbocycles. The van der Waals surface area contributed by atoms with Crippen LogP contribution in [0.5, 0.6) is 0 Å². The number of aromatic amines is 2. The highest BCUT2D eigenvalue weighted by Gasteiger charge is 2.23. The Morgan fingerprint density at radius 3 is 2.70 bits per heavy atom. The predicted molar refractivity (Wildman–Crippen MR) is 116 cm³/mol. The van der Waals surface area contributed by atoms with Gasteiger partial charge in [0.25, 0.3) is 11.5 Å². The van der Waals surface area contributed by atoms with Gasteiger partial charge in [0.15, 0.2) is 5.69 Å². The van der Waals surface area contributed by atoms with Gasteiger partial charge in [0.2, 0.25) is 0 Å². The van der Waals surface area contributed by atoms with Crippen LogP contribution in [0, 0.1) is 0 Å². The van der Waals surface area contributed by atoms with E-state index >= 15 is 0 Å². The van der Waals surface area contributed by atoms with Crippen molar-refractivity contribution in [1.29, 1.82) is 0 Å². The molecule has 8 nitrogen and oxygen atoms in total. The molecule has 2 aromatic heterocycles. The van der Waals surface area contributed by atoms with Crippen molar-refractivity contribution in [2.24, 2.45) is 0 Å². The Morgan fingerprint density at radius 2 is 1.90 bits per heavy atom. The van der Waals surface area contributed by atoms with E-state index in [2.05, 4.69) is 15.0 Å². The van der Waals surface area contributed by atoms with Crippen molar-refractivity contribution in [1.82, 2.24) is 19.9 Å². The molecular weight excluding hydrogens is 406 g/mol. The van der Waals surface area contributed by atoms with Gasteiger partial charge in [0.1, 0.15) is 0 Å². The van der Waals surface area contributed by atoms with Crippen LogP contribution in [0.4, 0.5) is 5.69 Å². The molecule has 3 heterocycles. The number of rotatable bonds is 2. The van der Waals surface area contributed by atoms with E-state index < -0.39 is 0 Å². The summed E-state index contributed by atoms with van der Waals surface area (Å²) in [5.74, 6) is -0.172. The molecule has 1 fully saturated rings. The fourth-order valence-electron chi connectivity index (χ4n) is 3.72. The first kappa shape index (κ1) is 18.7. The Morgan fingerprint density at radius 1 is 1.13 bits per heavy atom. The molecule has 1 saturated heterocycles. The van der Waals surface area contributed by atoms with Crippen molar-refractivity contribution in [3.8, 4) is 11.4 Å². The fraction of sp³-hybridized carbons (Fsp3) is 0.190. The summed E-state index contributed by atoms with van der Waals surface area (Å²) in [6, 6.07) is 10.6. The summed E-state index contributed by atoms with van der Waals surface area (Å²) in [5, 5.41) is 0.924. The Kier molecular flexibility index (Phi) is 4.45. The second-order valence-electron chi connectivity index (χ2n) is 7.13. The SMILES string of the molecule is Nc1c(-c2nc3ccccc3[nH]c2=O)[nH]c2cc(Cl)c(C(=O)N3CCOCC3)cc12. The van der Waals surface area contributed by atoms with E-state index in [0.717, 1.165) is 0 Å². The van der Waals surface area contributed by atoms with Crippen molar-refractivity contribution in [2.45, 2.75) is 0 Å². The molecule has 0 bridgehead atoms. The Balaban J connectivity index is 1.63. The van der Waals surface area contributed by atoms with Gasteiger partial charge in [0.05, 0.1) is 46.2 Å². The van der Waals surface area contributed by atoms with Gasteiger partial charge in [0, 0.05) is 24.0 Å². The molecule has 0 spiro atoms. The number of hydrogen-bond donors (Lipinski definition) is 3. The maximum Gasteiger partial charge on any atom is 0.276 e. The van der Waals surface area contributed by atoms with Crippen LogP contribution in [0.1, 0.15) is 10.4 Å². The number of morpholine rings is 1. The first-order valence-corrected chi connectivity index (χ1v) is 9.88. The summed E-state index contributed by atoms with van der Waals surface area (Å²) < 4.78 is 5.31. The summed E-state index contributed by atoms with van der Waals surface area (Å²) in [6.45, 7) is 2.02. The third kappa shape index (κ3) is 3.01. The molecule has 5 rings (SSSR count). The van der Waals surface area contributed by atoms with Crippen LogP contribution >= 0.6 is 11.6 Å². The highest BCUT2D eigenvalue weighted by Crippen LogP contribution is 2.34. The lowest BCUT2D eigenvalue weighted by Crippen LogP contribution is -2.40. The van der Waals surface area contributed by atoms with Crippen LogP contribution < -0.4 is 11.3 Å². The Bertz CT molecular complexity index is 1350. The lowest BCUT2D eigenvalue weighted by atomic mass is 10.1. The molecule has 0 saturated carbocycles. The van der Waals surface area contributed by atoms with E-state index in [1.807, 2.05) is 18.2 Å². The summed E-state index contributed by atoms with van der Waals surface area (Å²) in [6.07, 6.45) is 0. The van der Waals surface area contributed by atoms with Gasteiger partial charge in [-0.05, 0) is 24.3 Å². The van der Waals surface area contributed by atoms with Crippen LogP contribution in [0.25, 0.3) is 33.3 Å². The highest BCUT2D eigenvalue weighted by atomic mass is 35.5. The maximum atomic E-state index is 12.9. The van der Waals surface area contributed by atoms with Gasteiger partial charge in [-0.25, -0.2) is 4.98 Å². The zero-order valence-electron chi connectivity index (χ0n) is 15.9. The summed E-state index contributed by atoms with van der Waals surface area (Å²) >= 11 is 6.41. The van der Waals surface area contributed by atoms with E-state index in [1.54, 1.807) is 23.1 Å². The number of hydrogen-bond acceptors (Lipinski definition) is 5. The van der Waals surface area contributed by atoms with Crippen LogP contribution in [-0.2, 0) is 4.74 Å². The van der Waals surface area contributed by atoms with Crippen LogP contribution in [0.15, 0.2) is 41.2 Å². The lowest BCUT2D eigenvalue weighted by Gasteiger charge is -2.27. The zero-order chi connectivity index (χ0) is 20.8. The smallest absolute Gasteiger partial charge is 0.276 e. The van der Waals surface area contributed by atoms with Crippen molar-refractivity contribution in [3.63, 3.8) is 0 Å². The highest BCUT2D eigenvalue weighted by molar-refractivity contribution is 6.35. The molecule has 30 heavy (non-hydrogen) atoms. The number of H-pyrrole nitrogens is 2. The Hall–Kier alpha value is -3.36. The number of aromatic nitrogens is 3. The molecule has 2 aromatic carbocycles. The third-order valence-corrected chi connectivity index (χ3v) is 5.60. The first-order chi connectivity index (χ1) is 14.5. The molecule has 1 amide bonds. The van der Waals surface area contributed by atoms with Gasteiger partial charge in [-0.2, -0.15) is 0 Å². The summed E-state index contributed by atoms with van der Waals surface area (Å²) in [5.41, 5.74) is 9.20. The standard InChI is InChI=1S/C21H18ClN5O3/c22-13-10-16-12(9-11(13)21(29)27-5-7-30-8-6-27)17(23)18(25-16)19-20(28)26-15-4-2-1-3-14(15)24-19/h1-4,9-10,25H,5-8,23H2,(H,26,28). The number of fused-ring (bicyclic) bond motifs is 2. The number of nitrogens with two attached hydrogens (primary N) is 1. The van der Waals surface area contributed by atoms with Gasteiger partial charge in [-0.1, -0.05) is 23.7 Å². The maximum absolute atomic E-state index is 12.9. The average Bonchev–Trinajstić information content (AvgIpc) is 3.08. The second-order valence-corrected chi connectivity index (χ2v) is 7.53. The number of nitrogens with one attached hydrogen (secondary N) is 2. The first-order valence-electron chi connectivity index (χ1n) is 9.50. The molecule has 1 aliphatic rings. The minimum Gasteiger partial charge on any atom is -0.396 e. The topological polar surface area (TPSA) is 117 Å². The Labute approximate surface area is 175 Å². The van der Waals surface area contributed by atoms with E-state index in [4.69, 9.17) is 22.1 Å². The lowest BCUT2D eigenvalue weighted by molar-refractivity contribution is 0.0303. The minimum atomic E-state index is -0.359. The van der Waals surface area contributed by atoms with Gasteiger partial charge >= 0.3 is 0 Å². The zero-order valence-corrected chi connectivity index (χ0v) is 16.6. The number of halogens is 1. The van der Waals surface area contributed by atoms with Gasteiger partial charge < -0.3 is 25.3 Å². The largest absolute Gasteiger partial charge is 0.396 e. The fourth-order valence-corrected chi connectivity index (χ4v) is 3.97. The van der Waals surface area contributed by atoms with Gasteiger partial charge in [-0.3, -0.25) is 9.59 Å². The number of para-hydroxylation sites is 2. The normalized spacial score (nSPS) is 14.5. The number of anilines is 1. The number of nitrogen functional groups attached to an aromatic ring is 1. The molecule has 0 atom stereocenters. The molecule has 4 aromatic rings. The third-order valence-electron chi connectivity index (χ3n) is 5.29. The molecule has 1 aliphatic heterocycles. The molecule has 0 radical (unpaired) electrons. The van der Waals surface area contributed by atoms with Crippen molar-refractivity contribution >= 4 is 45.1 Å². The van der Waals surface area contributed by atoms with Crippen LogP contribution in [-0.4, -0.2) is 52.1 Å². The van der Waals surface area contributed by atoms with E-state index in [1.165, 1.54) is 0 Å². The monoisotopic (exact) mass is 423 g/mol. The molecule has 152 valence electrons. The number of carbonyl (C=O) groups excluding carboxylic acids is 1. The quantitative estimate of drug-likeness (QED) is 0.458. The predicted octanol–water partition coefficient (Wildman–Crippen LogP) is 2.78. The second kappa shape index (κ2) is 7.16. The van der Waals surface area contributed by atoms with E-state index in [0.29, 0.717) is 70.2 Å². The summed E-state index contributed by atoms with van der Waals surface area (Å²) in [4.78, 5) is 37.7. The van der Waals surface area contributed by atoms with Crippen LogP contribution in [0.2, 0.25) is 5.02 Å². The number of nitrogens with zero attached hydrogens (tertiary/aromatic N) is 2. The van der Waals surface area contributed by atoms with Crippen molar-refractivity contribution < 1.29 is 9.53 Å². The number of carbonyl (C=O) groups is 1. The van der Waals surface area contributed by atoms with E-state index in [9.17, 15) is 9.59 Å². The average molecular weight is 424 g/mol. The van der Waals surface area contributed by atoms with Crippen molar-refractivity contribution in [3.05, 3.63) is 57.3 Å². The number of amides is 1. The van der Waals surface area contributed by atoms with Gasteiger partial charge in [-0.15, -0.1) is 0 Å². The number of benzene rings is 2. The minimum absolute atomic E-state index is 0.172. The molecule has 0 unspecified atom stereocenters. The molecular formula is C21H18ClN5O3. The number of ether oxygens (including phenoxy) is 1. The van der Waals surface area contributed by atoms with Crippen molar-refractivity contribution in [2.75, 3.05) is 32.0 Å². The molecule has 4 N–H and O–H groups in total. The molecule has 9 heteroatoms. The summed E-state index contributed by atoms with van der Waals surface area (Å²) in [7, 11) is 0. The van der Waals surface area contributed by atoms with Crippen LogP contribution in [0.3, 0.4) is 0 Å².